The minimum atomic E-state index is -0.714. The van der Waals surface area contributed by atoms with Gasteiger partial charge in [-0.05, 0) is 56.9 Å². The lowest BCUT2D eigenvalue weighted by Crippen LogP contribution is -2.22. The first-order valence-electron chi connectivity index (χ1n) is 10.7. The third-order valence-electron chi connectivity index (χ3n) is 5.03. The van der Waals surface area contributed by atoms with Gasteiger partial charge in [0.15, 0.2) is 0 Å². The van der Waals surface area contributed by atoms with Crippen molar-refractivity contribution >= 4 is 6.01 Å². The van der Waals surface area contributed by atoms with E-state index in [0.29, 0.717) is 18.4 Å². The molecule has 4 aromatic rings. The summed E-state index contributed by atoms with van der Waals surface area (Å²) in [6, 6.07) is 13.6. The molecule has 0 unspecified atom stereocenters. The van der Waals surface area contributed by atoms with Gasteiger partial charge < -0.3 is 14.7 Å². The molecule has 176 valence electrons. The lowest BCUT2D eigenvalue weighted by Gasteiger charge is -2.08. The lowest BCUT2D eigenvalue weighted by atomic mass is 10.1. The molecule has 0 spiro atoms. The predicted molar refractivity (Wildman–Crippen MR) is 124 cm³/mol. The van der Waals surface area contributed by atoms with Gasteiger partial charge in [-0.15, -0.1) is 0 Å². The molecular weight excluding hydrogens is 442 g/mol. The Hall–Kier alpha value is -3.92. The number of rotatable bonds is 9. The highest BCUT2D eigenvalue weighted by molar-refractivity contribution is 5.59. The van der Waals surface area contributed by atoms with Crippen molar-refractivity contribution < 1.29 is 13.3 Å². The largest absolute Gasteiger partial charge is 0.338 e. The fourth-order valence-electron chi connectivity index (χ4n) is 3.40. The van der Waals surface area contributed by atoms with Crippen LogP contribution in [0, 0.1) is 11.6 Å². The Morgan fingerprint density at radius 2 is 1.82 bits per heavy atom. The molecule has 0 saturated heterocycles. The number of hydrogen-bond acceptors (Lipinski definition) is 7. The Morgan fingerprint density at radius 3 is 2.59 bits per heavy atom. The van der Waals surface area contributed by atoms with Gasteiger partial charge in [0, 0.05) is 29.8 Å². The van der Waals surface area contributed by atoms with E-state index in [2.05, 4.69) is 25.5 Å². The van der Waals surface area contributed by atoms with Crippen LogP contribution in [0.5, 0.6) is 0 Å². The van der Waals surface area contributed by atoms with E-state index >= 15 is 0 Å². The SMILES string of the molecule is CN(C)CCCNc1nc(-c2cccc(Cn3nc(-c4cc(F)cc(F)c4)ccc3=O)c2)no1. The number of anilines is 1. The molecule has 4 rings (SSSR count). The molecule has 0 fully saturated rings. The topological polar surface area (TPSA) is 89.1 Å². The number of aromatic nitrogens is 4. The molecule has 2 heterocycles. The van der Waals surface area contributed by atoms with Crippen molar-refractivity contribution in [2.24, 2.45) is 0 Å². The second kappa shape index (κ2) is 10.3. The molecule has 0 atom stereocenters. The van der Waals surface area contributed by atoms with Crippen molar-refractivity contribution in [1.82, 2.24) is 24.8 Å². The quantitative estimate of drug-likeness (QED) is 0.377. The van der Waals surface area contributed by atoms with Crippen LogP contribution in [0.1, 0.15) is 12.0 Å². The third-order valence-corrected chi connectivity index (χ3v) is 5.03. The summed E-state index contributed by atoms with van der Waals surface area (Å²) in [7, 11) is 4.03. The molecule has 34 heavy (non-hydrogen) atoms. The molecule has 0 radical (unpaired) electrons. The summed E-state index contributed by atoms with van der Waals surface area (Å²) in [4.78, 5) is 18.8. The van der Waals surface area contributed by atoms with Crippen LogP contribution in [0.2, 0.25) is 0 Å². The van der Waals surface area contributed by atoms with E-state index in [9.17, 15) is 13.6 Å². The summed E-state index contributed by atoms with van der Waals surface area (Å²) in [6.45, 7) is 1.81. The van der Waals surface area contributed by atoms with Crippen LogP contribution >= 0.6 is 0 Å². The fraction of sp³-hybridized carbons (Fsp3) is 0.250. The average molecular weight is 466 g/mol. The van der Waals surface area contributed by atoms with Crippen LogP contribution in [-0.2, 0) is 6.54 Å². The summed E-state index contributed by atoms with van der Waals surface area (Å²) < 4.78 is 33.7. The number of halogens is 2. The molecular formula is C24H24F2N6O2. The summed E-state index contributed by atoms with van der Waals surface area (Å²) in [6.07, 6.45) is 0.934. The van der Waals surface area contributed by atoms with E-state index in [0.717, 1.165) is 30.2 Å². The number of nitrogens with one attached hydrogen (secondary N) is 1. The number of benzene rings is 2. The normalized spacial score (nSPS) is 11.2. The minimum absolute atomic E-state index is 0.159. The predicted octanol–water partition coefficient (Wildman–Crippen LogP) is 3.65. The van der Waals surface area contributed by atoms with Gasteiger partial charge in [-0.2, -0.15) is 10.1 Å². The van der Waals surface area contributed by atoms with Crippen LogP contribution in [0.3, 0.4) is 0 Å². The summed E-state index contributed by atoms with van der Waals surface area (Å²) >= 11 is 0. The highest BCUT2D eigenvalue weighted by Crippen LogP contribution is 2.21. The summed E-state index contributed by atoms with van der Waals surface area (Å²) in [5, 5.41) is 11.4. The molecule has 0 aliphatic heterocycles. The smallest absolute Gasteiger partial charge is 0.321 e. The van der Waals surface area contributed by atoms with Gasteiger partial charge in [0.2, 0.25) is 5.82 Å². The molecule has 0 saturated carbocycles. The van der Waals surface area contributed by atoms with Crippen LogP contribution < -0.4 is 10.9 Å². The molecule has 2 aromatic heterocycles. The first-order valence-corrected chi connectivity index (χ1v) is 10.7. The van der Waals surface area contributed by atoms with E-state index in [-0.39, 0.29) is 23.4 Å². The Balaban J connectivity index is 1.50. The van der Waals surface area contributed by atoms with Gasteiger partial charge >= 0.3 is 6.01 Å². The van der Waals surface area contributed by atoms with E-state index in [4.69, 9.17) is 4.52 Å². The second-order valence-electron chi connectivity index (χ2n) is 8.08. The van der Waals surface area contributed by atoms with Gasteiger partial charge in [-0.3, -0.25) is 4.79 Å². The van der Waals surface area contributed by atoms with E-state index < -0.39 is 11.6 Å². The van der Waals surface area contributed by atoms with Gasteiger partial charge in [0.05, 0.1) is 12.2 Å². The molecule has 1 N–H and O–H groups in total. The lowest BCUT2D eigenvalue weighted by molar-refractivity contribution is 0.400. The molecule has 0 aliphatic carbocycles. The van der Waals surface area contributed by atoms with Crippen molar-refractivity contribution in [3.05, 3.63) is 82.1 Å². The molecule has 0 amide bonds. The highest BCUT2D eigenvalue weighted by atomic mass is 19.1. The van der Waals surface area contributed by atoms with E-state index in [1.807, 2.05) is 38.4 Å². The van der Waals surface area contributed by atoms with Crippen LogP contribution in [-0.4, -0.2) is 52.0 Å². The maximum Gasteiger partial charge on any atom is 0.321 e. The molecule has 2 aromatic carbocycles. The maximum absolute atomic E-state index is 13.6. The van der Waals surface area contributed by atoms with Crippen molar-refractivity contribution in [3.8, 4) is 22.6 Å². The van der Waals surface area contributed by atoms with Gasteiger partial charge in [0.25, 0.3) is 5.56 Å². The van der Waals surface area contributed by atoms with E-state index in [1.54, 1.807) is 0 Å². The summed E-state index contributed by atoms with van der Waals surface area (Å²) in [5.41, 5.74) is 1.70. The van der Waals surface area contributed by atoms with Crippen molar-refractivity contribution in [1.29, 1.82) is 0 Å². The van der Waals surface area contributed by atoms with Crippen LogP contribution in [0.15, 0.2) is 63.9 Å². The van der Waals surface area contributed by atoms with Crippen molar-refractivity contribution in [2.75, 3.05) is 32.5 Å². The first-order chi connectivity index (χ1) is 16.4. The van der Waals surface area contributed by atoms with Crippen molar-refractivity contribution in [3.63, 3.8) is 0 Å². The fourth-order valence-corrected chi connectivity index (χ4v) is 3.40. The second-order valence-corrected chi connectivity index (χ2v) is 8.08. The zero-order chi connectivity index (χ0) is 24.1. The third kappa shape index (κ3) is 5.90. The van der Waals surface area contributed by atoms with Crippen molar-refractivity contribution in [2.45, 2.75) is 13.0 Å². The molecule has 0 bridgehead atoms. The summed E-state index contributed by atoms with van der Waals surface area (Å²) in [5.74, 6) is -1.01. The number of hydrogen-bond donors (Lipinski definition) is 1. The Kier molecular flexibility index (Phi) is 7.07. The van der Waals surface area contributed by atoms with E-state index in [1.165, 1.54) is 28.9 Å². The monoisotopic (exact) mass is 466 g/mol. The minimum Gasteiger partial charge on any atom is -0.338 e. The Bertz CT molecular complexity index is 1310. The van der Waals surface area contributed by atoms with Crippen LogP contribution in [0.4, 0.5) is 14.8 Å². The molecule has 10 heteroatoms. The standard InChI is InChI=1S/C24H24F2N6O2/c1-31(2)10-4-9-27-24-28-23(30-34-24)17-6-3-5-16(11-17)15-32-22(33)8-7-21(29-32)18-12-19(25)14-20(26)13-18/h3,5-8,11-14H,4,9-10,15H2,1-2H3,(H,27,28,30). The zero-order valence-corrected chi connectivity index (χ0v) is 18.8. The zero-order valence-electron chi connectivity index (χ0n) is 18.8. The first kappa shape index (κ1) is 23.2. The Labute approximate surface area is 194 Å². The average Bonchev–Trinajstić information content (AvgIpc) is 3.27. The Morgan fingerprint density at radius 1 is 1.03 bits per heavy atom. The van der Waals surface area contributed by atoms with Gasteiger partial charge in [-0.25, -0.2) is 13.5 Å². The molecule has 0 aliphatic rings. The maximum atomic E-state index is 13.6. The van der Waals surface area contributed by atoms with Crippen LogP contribution in [0.25, 0.3) is 22.6 Å². The van der Waals surface area contributed by atoms with Gasteiger partial charge in [-0.1, -0.05) is 23.4 Å². The highest BCUT2D eigenvalue weighted by Gasteiger charge is 2.11. The van der Waals surface area contributed by atoms with Gasteiger partial charge in [0.1, 0.15) is 11.6 Å². The molecule has 8 nitrogen and oxygen atoms in total. The number of nitrogens with zero attached hydrogens (tertiary/aromatic N) is 5.